The van der Waals surface area contributed by atoms with Crippen LogP contribution in [0.3, 0.4) is 0 Å². The summed E-state index contributed by atoms with van der Waals surface area (Å²) in [4.78, 5) is 14.2. The second-order valence-electron chi connectivity index (χ2n) is 5.01. The van der Waals surface area contributed by atoms with E-state index in [1.54, 1.807) is 12.1 Å². The second-order valence-corrected chi connectivity index (χ2v) is 5.01. The highest BCUT2D eigenvalue weighted by Crippen LogP contribution is 2.18. The Morgan fingerprint density at radius 2 is 2.26 bits per heavy atom. The molecule has 1 aromatic carbocycles. The number of H-pyrrole nitrogens is 1. The normalized spacial score (nSPS) is 12.8. The number of carbonyl (C=O) groups is 1. The maximum Gasteiger partial charge on any atom is 0.272 e. The molecule has 2 aromatic rings. The van der Waals surface area contributed by atoms with Crippen LogP contribution in [0.15, 0.2) is 18.2 Å². The number of aromatic amines is 1. The lowest BCUT2D eigenvalue weighted by atomic mass is 10.1. The molecule has 6 heteroatoms. The van der Waals surface area contributed by atoms with Crippen LogP contribution < -0.4 is 11.1 Å². The molecule has 4 N–H and O–H groups in total. The van der Waals surface area contributed by atoms with E-state index in [1.807, 2.05) is 32.0 Å². The second kappa shape index (κ2) is 5.27. The Kier molecular flexibility index (Phi) is 3.71. The predicted octanol–water partition coefficient (Wildman–Crippen LogP) is 0.825. The number of nitrogens with zero attached hydrogens (tertiary/aromatic N) is 2. The molecule has 1 aromatic heterocycles. The molecule has 0 radical (unpaired) electrons. The largest absolute Gasteiger partial charge is 0.399 e. The minimum Gasteiger partial charge on any atom is -0.399 e. The summed E-state index contributed by atoms with van der Waals surface area (Å²) in [5.74, 6) is -0.189. The molecule has 2 rings (SSSR count). The average molecular weight is 261 g/mol. The fourth-order valence-electron chi connectivity index (χ4n) is 2.09. The van der Waals surface area contributed by atoms with E-state index in [0.717, 1.165) is 17.4 Å². The van der Waals surface area contributed by atoms with Crippen molar-refractivity contribution < 1.29 is 4.79 Å². The van der Waals surface area contributed by atoms with Crippen LogP contribution in [-0.4, -0.2) is 47.7 Å². The molecule has 0 fully saturated rings. The minimum atomic E-state index is -0.189. The summed E-state index contributed by atoms with van der Waals surface area (Å²) in [7, 11) is 3.93. The van der Waals surface area contributed by atoms with Gasteiger partial charge in [-0.05, 0) is 39.2 Å². The molecule has 6 nitrogen and oxygen atoms in total. The van der Waals surface area contributed by atoms with Gasteiger partial charge in [0.05, 0.1) is 5.52 Å². The number of nitrogens with one attached hydrogen (secondary N) is 2. The highest BCUT2D eigenvalue weighted by Gasteiger charge is 2.16. The van der Waals surface area contributed by atoms with Gasteiger partial charge in [-0.3, -0.25) is 9.89 Å². The van der Waals surface area contributed by atoms with Crippen LogP contribution in [0.4, 0.5) is 5.69 Å². The quantitative estimate of drug-likeness (QED) is 0.711. The van der Waals surface area contributed by atoms with Crippen molar-refractivity contribution in [3.63, 3.8) is 0 Å². The maximum atomic E-state index is 12.2. The van der Waals surface area contributed by atoms with E-state index < -0.39 is 0 Å². The van der Waals surface area contributed by atoms with Crippen LogP contribution in [-0.2, 0) is 0 Å². The summed E-state index contributed by atoms with van der Waals surface area (Å²) in [6.07, 6.45) is 0. The molecule has 1 heterocycles. The first-order valence-electron chi connectivity index (χ1n) is 6.16. The van der Waals surface area contributed by atoms with E-state index in [-0.39, 0.29) is 11.9 Å². The molecular formula is C13H19N5O. The maximum absolute atomic E-state index is 12.2. The summed E-state index contributed by atoms with van der Waals surface area (Å²) in [6.45, 7) is 2.73. The number of amides is 1. The van der Waals surface area contributed by atoms with Gasteiger partial charge in [-0.2, -0.15) is 5.10 Å². The molecule has 0 bridgehead atoms. The monoisotopic (exact) mass is 261 g/mol. The Bertz CT molecular complexity index is 590. The zero-order chi connectivity index (χ0) is 14.0. The molecule has 0 spiro atoms. The average Bonchev–Trinajstić information content (AvgIpc) is 2.70. The fraction of sp³-hybridized carbons (Fsp3) is 0.385. The molecule has 0 aliphatic carbocycles. The molecule has 1 unspecified atom stereocenters. The van der Waals surface area contributed by atoms with Crippen molar-refractivity contribution in [2.45, 2.75) is 13.0 Å². The molecule has 1 atom stereocenters. The number of nitrogen functional groups attached to an aromatic ring is 1. The zero-order valence-electron chi connectivity index (χ0n) is 11.4. The van der Waals surface area contributed by atoms with Gasteiger partial charge >= 0.3 is 0 Å². The molecule has 0 aliphatic heterocycles. The first-order valence-corrected chi connectivity index (χ1v) is 6.16. The van der Waals surface area contributed by atoms with Crippen molar-refractivity contribution in [1.29, 1.82) is 0 Å². The fourth-order valence-corrected chi connectivity index (χ4v) is 2.09. The van der Waals surface area contributed by atoms with Gasteiger partial charge in [0.1, 0.15) is 0 Å². The number of likely N-dealkylation sites (N-methyl/N-ethyl adjacent to an activating group) is 1. The SMILES string of the molecule is CC(CN(C)C)NC(=O)c1n[nH]c2ccc(N)cc12. The topological polar surface area (TPSA) is 87.0 Å². The van der Waals surface area contributed by atoms with Gasteiger partial charge < -0.3 is 16.0 Å². The lowest BCUT2D eigenvalue weighted by Crippen LogP contribution is -2.39. The van der Waals surface area contributed by atoms with E-state index in [9.17, 15) is 4.79 Å². The highest BCUT2D eigenvalue weighted by molar-refractivity contribution is 6.05. The number of aromatic nitrogens is 2. The van der Waals surface area contributed by atoms with E-state index in [2.05, 4.69) is 15.5 Å². The lowest BCUT2D eigenvalue weighted by molar-refractivity contribution is 0.0931. The van der Waals surface area contributed by atoms with Gasteiger partial charge in [0.25, 0.3) is 5.91 Å². The van der Waals surface area contributed by atoms with Gasteiger partial charge in [0, 0.05) is 23.7 Å². The number of rotatable bonds is 4. The standard InChI is InChI=1S/C13H19N5O/c1-8(7-18(2)3)15-13(19)12-10-6-9(14)4-5-11(10)16-17-12/h4-6,8H,7,14H2,1-3H3,(H,15,19)(H,16,17). The third kappa shape index (κ3) is 3.03. The Hall–Kier alpha value is -2.08. The van der Waals surface area contributed by atoms with Gasteiger partial charge in [-0.25, -0.2) is 0 Å². The predicted molar refractivity (Wildman–Crippen MR) is 76.0 cm³/mol. The number of hydrogen-bond acceptors (Lipinski definition) is 4. The van der Waals surface area contributed by atoms with Crippen molar-refractivity contribution in [2.75, 3.05) is 26.4 Å². The Balaban J connectivity index is 2.19. The minimum absolute atomic E-state index is 0.0512. The summed E-state index contributed by atoms with van der Waals surface area (Å²) in [6, 6.07) is 5.40. The number of nitrogens with two attached hydrogens (primary N) is 1. The summed E-state index contributed by atoms with van der Waals surface area (Å²) in [5.41, 5.74) is 7.54. The summed E-state index contributed by atoms with van der Waals surface area (Å²) >= 11 is 0. The van der Waals surface area contributed by atoms with Crippen molar-refractivity contribution in [2.24, 2.45) is 0 Å². The molecule has 0 saturated heterocycles. The highest BCUT2D eigenvalue weighted by atomic mass is 16.2. The smallest absolute Gasteiger partial charge is 0.272 e. The van der Waals surface area contributed by atoms with E-state index in [4.69, 9.17) is 5.73 Å². The Morgan fingerprint density at radius 1 is 1.53 bits per heavy atom. The van der Waals surface area contributed by atoms with Crippen LogP contribution in [0.5, 0.6) is 0 Å². The Morgan fingerprint density at radius 3 is 2.95 bits per heavy atom. The first kappa shape index (κ1) is 13.4. The van der Waals surface area contributed by atoms with E-state index >= 15 is 0 Å². The van der Waals surface area contributed by atoms with Gasteiger partial charge in [-0.1, -0.05) is 0 Å². The van der Waals surface area contributed by atoms with Crippen LogP contribution >= 0.6 is 0 Å². The number of anilines is 1. The number of carbonyl (C=O) groups excluding carboxylic acids is 1. The number of fused-ring (bicyclic) bond motifs is 1. The van der Waals surface area contributed by atoms with Crippen molar-refractivity contribution in [3.8, 4) is 0 Å². The Labute approximate surface area is 112 Å². The molecule has 0 saturated carbocycles. The van der Waals surface area contributed by atoms with Gasteiger partial charge in [0.2, 0.25) is 0 Å². The van der Waals surface area contributed by atoms with Gasteiger partial charge in [0.15, 0.2) is 5.69 Å². The third-order valence-electron chi connectivity index (χ3n) is 2.82. The van der Waals surface area contributed by atoms with E-state index in [1.165, 1.54) is 0 Å². The zero-order valence-corrected chi connectivity index (χ0v) is 11.4. The third-order valence-corrected chi connectivity index (χ3v) is 2.82. The van der Waals surface area contributed by atoms with Crippen LogP contribution in [0, 0.1) is 0 Å². The molecule has 102 valence electrons. The van der Waals surface area contributed by atoms with Crippen molar-refractivity contribution in [3.05, 3.63) is 23.9 Å². The lowest BCUT2D eigenvalue weighted by Gasteiger charge is -2.17. The number of hydrogen-bond donors (Lipinski definition) is 3. The molecule has 0 aliphatic rings. The summed E-state index contributed by atoms with van der Waals surface area (Å²) in [5, 5.41) is 10.6. The van der Waals surface area contributed by atoms with Crippen LogP contribution in [0.1, 0.15) is 17.4 Å². The van der Waals surface area contributed by atoms with Crippen LogP contribution in [0.25, 0.3) is 10.9 Å². The molecule has 19 heavy (non-hydrogen) atoms. The van der Waals surface area contributed by atoms with Crippen molar-refractivity contribution in [1.82, 2.24) is 20.4 Å². The van der Waals surface area contributed by atoms with Crippen molar-refractivity contribution >= 4 is 22.5 Å². The summed E-state index contributed by atoms with van der Waals surface area (Å²) < 4.78 is 0. The molecular weight excluding hydrogens is 242 g/mol. The van der Waals surface area contributed by atoms with Crippen LogP contribution in [0.2, 0.25) is 0 Å². The van der Waals surface area contributed by atoms with E-state index in [0.29, 0.717) is 11.4 Å². The van der Waals surface area contributed by atoms with Gasteiger partial charge in [-0.15, -0.1) is 0 Å². The first-order chi connectivity index (χ1) is 8.97. The number of benzene rings is 1. The molecule has 1 amide bonds.